The topological polar surface area (TPSA) is 287 Å². The number of aromatic amines is 1. The second-order valence-electron chi connectivity index (χ2n) is 23.1. The van der Waals surface area contributed by atoms with Crippen LogP contribution >= 0.6 is 15.9 Å². The first-order chi connectivity index (χ1) is 43.7. The van der Waals surface area contributed by atoms with Crippen LogP contribution in [0.5, 0.6) is 23.3 Å². The van der Waals surface area contributed by atoms with Crippen LogP contribution < -0.4 is 45.2 Å². The van der Waals surface area contributed by atoms with Gasteiger partial charge < -0.3 is 32.8 Å². The lowest BCUT2D eigenvalue weighted by Gasteiger charge is -2.25. The predicted octanol–water partition coefficient (Wildman–Crippen LogP) is 12.9. The molecule has 3 N–H and O–H groups in total. The number of nitrogens with zero attached hydrogens (tertiary/aromatic N) is 5. The Bertz CT molecular complexity index is 4920. The lowest BCUT2D eigenvalue weighted by atomic mass is 9.83. The molecule has 0 saturated heterocycles. The number of hydrogen-bond acceptors (Lipinski definition) is 18. The van der Waals surface area contributed by atoms with E-state index in [1.165, 1.54) is 44.4 Å². The number of hydrogen-bond donors (Lipinski definition) is 3. The first-order valence-electron chi connectivity index (χ1n) is 28.4. The van der Waals surface area contributed by atoms with Crippen LogP contribution in [0.2, 0.25) is 0 Å². The summed E-state index contributed by atoms with van der Waals surface area (Å²) in [4.78, 5) is 61.8. The van der Waals surface area contributed by atoms with Crippen LogP contribution in [0.15, 0.2) is 199 Å². The highest BCUT2D eigenvalue weighted by molar-refractivity contribution is 9.10. The molecule has 11 rings (SSSR count). The molecular weight excluding hydrogens is 1280 g/mol. The molecule has 0 bridgehead atoms. The minimum atomic E-state index is -3.51. The second-order valence-corrected chi connectivity index (χ2v) is 27.5. The van der Waals surface area contributed by atoms with Gasteiger partial charge in [-0.1, -0.05) is 114 Å². The summed E-state index contributed by atoms with van der Waals surface area (Å²) < 4.78 is 86.8. The van der Waals surface area contributed by atoms with E-state index in [1.807, 2.05) is 99.6 Å². The smallest absolute Gasteiger partial charge is 0.344 e. The quantitative estimate of drug-likeness (QED) is 0.0810. The van der Waals surface area contributed by atoms with E-state index in [1.54, 1.807) is 62.0 Å². The summed E-state index contributed by atoms with van der Waals surface area (Å²) in [6, 6.07) is 40.0. The maximum Gasteiger partial charge on any atom is 0.344 e. The summed E-state index contributed by atoms with van der Waals surface area (Å²) in [6.07, 6.45) is 11.1. The number of anilines is 2. The van der Waals surface area contributed by atoms with Crippen LogP contribution in [-0.2, 0) is 44.1 Å². The molecule has 474 valence electrons. The van der Waals surface area contributed by atoms with Crippen LogP contribution in [0.1, 0.15) is 63.8 Å². The number of halogens is 1. The van der Waals surface area contributed by atoms with Crippen LogP contribution in [0.3, 0.4) is 0 Å². The number of ether oxygens (including phenoxy) is 4. The molecule has 21 nitrogen and oxygen atoms in total. The molecule has 11 aromatic rings. The van der Waals surface area contributed by atoms with Crippen LogP contribution in [-0.4, -0.2) is 73.5 Å². The largest absolute Gasteiger partial charge is 0.496 e. The van der Waals surface area contributed by atoms with E-state index < -0.39 is 31.3 Å². The van der Waals surface area contributed by atoms with Gasteiger partial charge in [0.1, 0.15) is 48.9 Å². The minimum absolute atomic E-state index is 0.220. The van der Waals surface area contributed by atoms with Crippen molar-refractivity contribution < 1.29 is 44.6 Å². The van der Waals surface area contributed by atoms with Crippen molar-refractivity contribution in [2.24, 2.45) is 0 Å². The summed E-state index contributed by atoms with van der Waals surface area (Å²) in [7, 11) is -3.90. The Balaban J connectivity index is 0.000000179. The molecule has 5 aromatic heterocycles. The number of benzene rings is 6. The lowest BCUT2D eigenvalue weighted by Crippen LogP contribution is -2.15. The van der Waals surface area contributed by atoms with Gasteiger partial charge >= 0.3 is 11.3 Å². The summed E-state index contributed by atoms with van der Waals surface area (Å²) in [6.45, 7) is 13.1. The number of fused-ring (bicyclic) bond motifs is 2. The third kappa shape index (κ3) is 16.7. The van der Waals surface area contributed by atoms with Gasteiger partial charge in [-0.15, -0.1) is 0 Å². The highest BCUT2D eigenvalue weighted by Gasteiger charge is 2.28. The average molecular weight is 1350 g/mol. The van der Waals surface area contributed by atoms with Gasteiger partial charge in [0, 0.05) is 41.1 Å². The molecule has 0 aliphatic rings. The SMILES string of the molecule is Brc1cncnc1OCc1ccccc1.COc1c(-c2cc3ccc(NS(C)(=O)=O)cc3c(=O)o2)cc(-c2cnc[nH]c2=O)cc1C(C)(C)C.COc1c(-c2cc3ccc(NS(C)(=O)=O)cc3c(=O)o2)cc(-c2cncnc2OCc2ccccc2)cc1C(C)(C)C. The van der Waals surface area contributed by atoms with E-state index in [0.29, 0.717) is 80.8 Å². The third-order valence-electron chi connectivity index (χ3n) is 14.0. The van der Waals surface area contributed by atoms with Crippen molar-refractivity contribution in [3.05, 3.63) is 229 Å². The van der Waals surface area contributed by atoms with Gasteiger partial charge in [-0.2, -0.15) is 0 Å². The average Bonchev–Trinajstić information content (AvgIpc) is 0.778. The fourth-order valence-electron chi connectivity index (χ4n) is 9.72. The Morgan fingerprint density at radius 3 is 1.39 bits per heavy atom. The number of rotatable bonds is 16. The number of nitrogens with one attached hydrogen (secondary N) is 3. The van der Waals surface area contributed by atoms with Gasteiger partial charge in [0.05, 0.1) is 70.6 Å². The first-order valence-corrected chi connectivity index (χ1v) is 32.9. The normalized spacial score (nSPS) is 11.6. The van der Waals surface area contributed by atoms with Crippen molar-refractivity contribution in [3.63, 3.8) is 0 Å². The first kappa shape index (κ1) is 66.4. The van der Waals surface area contributed by atoms with Crippen molar-refractivity contribution in [1.29, 1.82) is 0 Å². The van der Waals surface area contributed by atoms with Gasteiger partial charge in [-0.25, -0.2) is 51.3 Å². The number of aromatic nitrogens is 6. The Morgan fingerprint density at radius 1 is 0.522 bits per heavy atom. The Kier molecular flexibility index (Phi) is 20.2. The fourth-order valence-corrected chi connectivity index (χ4v) is 11.2. The number of H-pyrrole nitrogens is 1. The van der Waals surface area contributed by atoms with Gasteiger partial charge in [-0.05, 0) is 120 Å². The molecule has 0 atom stereocenters. The zero-order valence-corrected chi connectivity index (χ0v) is 55.0. The van der Waals surface area contributed by atoms with Crippen LogP contribution in [0.25, 0.3) is 66.4 Å². The van der Waals surface area contributed by atoms with Gasteiger partial charge in [-0.3, -0.25) is 14.2 Å². The van der Waals surface area contributed by atoms with Crippen molar-refractivity contribution in [2.45, 2.75) is 65.6 Å². The maximum absolute atomic E-state index is 13.2. The molecule has 0 spiro atoms. The van der Waals surface area contributed by atoms with E-state index in [9.17, 15) is 31.2 Å². The van der Waals surface area contributed by atoms with E-state index in [2.05, 4.69) is 76.0 Å². The Morgan fingerprint density at radius 2 is 0.957 bits per heavy atom. The third-order valence-corrected chi connectivity index (χ3v) is 15.7. The summed E-state index contributed by atoms with van der Waals surface area (Å²) in [5, 5.41) is 1.60. The highest BCUT2D eigenvalue weighted by Crippen LogP contribution is 2.45. The zero-order chi connectivity index (χ0) is 66.1. The Hall–Kier alpha value is -10.0. The van der Waals surface area contributed by atoms with Crippen LogP contribution in [0, 0.1) is 0 Å². The summed E-state index contributed by atoms with van der Waals surface area (Å²) >= 11 is 3.32. The van der Waals surface area contributed by atoms with E-state index in [4.69, 9.17) is 27.8 Å². The fraction of sp³-hybridized carbons (Fsp3) is 0.206. The van der Waals surface area contributed by atoms with E-state index in [0.717, 1.165) is 44.8 Å². The molecule has 0 unspecified atom stereocenters. The monoisotopic (exact) mass is 1340 g/mol. The van der Waals surface area contributed by atoms with Gasteiger partial charge in [0.25, 0.3) is 5.56 Å². The zero-order valence-electron chi connectivity index (χ0n) is 51.8. The summed E-state index contributed by atoms with van der Waals surface area (Å²) in [5.74, 6) is 2.59. The molecule has 0 aliphatic heterocycles. The molecule has 0 aliphatic carbocycles. The molecular formula is C68H65BrN8O13S2. The molecule has 24 heteroatoms. The molecule has 0 radical (unpaired) electrons. The van der Waals surface area contributed by atoms with Crippen molar-refractivity contribution in [1.82, 2.24) is 29.9 Å². The van der Waals surface area contributed by atoms with Gasteiger partial charge in [0.15, 0.2) is 0 Å². The maximum atomic E-state index is 13.2. The second kappa shape index (κ2) is 28.0. The predicted molar refractivity (Wildman–Crippen MR) is 359 cm³/mol. The van der Waals surface area contributed by atoms with E-state index in [-0.39, 0.29) is 44.3 Å². The lowest BCUT2D eigenvalue weighted by molar-refractivity contribution is 0.291. The van der Waals surface area contributed by atoms with Crippen molar-refractivity contribution in [3.8, 4) is 68.2 Å². The molecule has 5 heterocycles. The highest BCUT2D eigenvalue weighted by atomic mass is 79.9. The molecule has 0 saturated carbocycles. The molecule has 0 fully saturated rings. The number of sulfonamides is 2. The molecule has 0 amide bonds. The van der Waals surface area contributed by atoms with E-state index >= 15 is 0 Å². The van der Waals surface area contributed by atoms with Crippen molar-refractivity contribution in [2.75, 3.05) is 36.2 Å². The van der Waals surface area contributed by atoms with Crippen molar-refractivity contribution >= 4 is 68.9 Å². The molecule has 92 heavy (non-hydrogen) atoms. The minimum Gasteiger partial charge on any atom is -0.496 e. The van der Waals surface area contributed by atoms with Crippen LogP contribution in [0.4, 0.5) is 11.4 Å². The Labute approximate surface area is 539 Å². The number of methoxy groups -OCH3 is 2. The molecule has 6 aromatic carbocycles. The standard InChI is InChI=1S/C32H31N3O6S.C25H25N3O6S.C11H9BrN2O/c1-32(2,3)27-14-22(26-17-33-19-34-30(26)40-18-20-9-7-6-8-10-20)13-25(29(27)39-4)28-15-21-11-12-23(35-42(5,37)38)16-24(21)31(36)41-28;1-25(2,3)20-9-15(19-12-26-13-27-23(19)29)8-18(22(20)33-4)21-10-14-6-7-16(28-35(5,31)32)11-17(14)24(30)34-21;12-10-6-13-8-14-11(10)15-7-9-4-2-1-3-5-9/h6-17,19,35H,18H2,1-5H3;6-13,28H,1-5H3,(H,26,27,29);1-6,8H,7H2. The van der Waals surface area contributed by atoms with Gasteiger partial charge in [0.2, 0.25) is 31.8 Å². The summed E-state index contributed by atoms with van der Waals surface area (Å²) in [5.41, 5.74) is 5.51.